The van der Waals surface area contributed by atoms with Crippen molar-refractivity contribution in [2.24, 2.45) is 0 Å². The maximum Gasteiger partial charge on any atom is 0.213 e. The van der Waals surface area contributed by atoms with E-state index in [2.05, 4.69) is 14.9 Å². The van der Waals surface area contributed by atoms with Crippen LogP contribution in [0.3, 0.4) is 0 Å². The number of nitrogens with one attached hydrogen (secondary N) is 2. The zero-order valence-corrected chi connectivity index (χ0v) is 12.3. The molecule has 3 saturated heterocycles. The second kappa shape index (κ2) is 5.68. The van der Waals surface area contributed by atoms with Crippen LogP contribution >= 0.6 is 0 Å². The van der Waals surface area contributed by atoms with E-state index in [1.165, 1.54) is 19.4 Å². The van der Waals surface area contributed by atoms with Crippen molar-refractivity contribution in [2.45, 2.75) is 56.7 Å². The Bertz CT molecular complexity index is 406. The largest absolute Gasteiger partial charge is 0.313 e. The van der Waals surface area contributed by atoms with E-state index in [1.54, 1.807) is 0 Å². The van der Waals surface area contributed by atoms with Crippen LogP contribution in [0, 0.1) is 0 Å². The minimum absolute atomic E-state index is 0.157. The third kappa shape index (κ3) is 3.48. The van der Waals surface area contributed by atoms with Gasteiger partial charge in [-0.3, -0.25) is 0 Å². The Morgan fingerprint density at radius 2 is 2.05 bits per heavy atom. The molecule has 3 atom stereocenters. The fourth-order valence-electron chi connectivity index (χ4n) is 3.80. The highest BCUT2D eigenvalue weighted by Gasteiger charge is 2.33. The zero-order chi connectivity index (χ0) is 13.3. The van der Waals surface area contributed by atoms with Crippen molar-refractivity contribution < 1.29 is 8.42 Å². The maximum absolute atomic E-state index is 12.2. The van der Waals surface area contributed by atoms with E-state index >= 15 is 0 Å². The molecule has 3 aliphatic heterocycles. The maximum atomic E-state index is 12.2. The van der Waals surface area contributed by atoms with Gasteiger partial charge >= 0.3 is 0 Å². The SMILES string of the molecule is O=S(=O)(CC1CCCN1)NC1CCN2CCCC2C1. The first kappa shape index (κ1) is 13.8. The van der Waals surface area contributed by atoms with E-state index in [-0.39, 0.29) is 17.8 Å². The number of hydrogen-bond donors (Lipinski definition) is 2. The van der Waals surface area contributed by atoms with Crippen molar-refractivity contribution in [1.82, 2.24) is 14.9 Å². The van der Waals surface area contributed by atoms with Gasteiger partial charge < -0.3 is 10.2 Å². The lowest BCUT2D eigenvalue weighted by Gasteiger charge is -2.35. The molecule has 3 unspecified atom stereocenters. The molecule has 0 amide bonds. The van der Waals surface area contributed by atoms with Crippen molar-refractivity contribution >= 4 is 10.0 Å². The summed E-state index contributed by atoms with van der Waals surface area (Å²) in [5.74, 6) is 0.248. The number of rotatable bonds is 4. The van der Waals surface area contributed by atoms with Crippen LogP contribution in [0.2, 0.25) is 0 Å². The van der Waals surface area contributed by atoms with Crippen LogP contribution in [-0.2, 0) is 10.0 Å². The number of sulfonamides is 1. The molecule has 5 nitrogen and oxygen atoms in total. The molecule has 0 radical (unpaired) electrons. The van der Waals surface area contributed by atoms with Gasteiger partial charge in [0.25, 0.3) is 0 Å². The first-order valence-electron chi connectivity index (χ1n) is 7.60. The summed E-state index contributed by atoms with van der Waals surface area (Å²) in [5.41, 5.74) is 0. The molecule has 3 rings (SSSR count). The van der Waals surface area contributed by atoms with Gasteiger partial charge in [-0.05, 0) is 58.2 Å². The quantitative estimate of drug-likeness (QED) is 0.780. The number of hydrogen-bond acceptors (Lipinski definition) is 4. The Hall–Kier alpha value is -0.170. The van der Waals surface area contributed by atoms with Crippen molar-refractivity contribution in [2.75, 3.05) is 25.4 Å². The third-order valence-corrected chi connectivity index (χ3v) is 6.28. The number of fused-ring (bicyclic) bond motifs is 1. The summed E-state index contributed by atoms with van der Waals surface area (Å²) in [6.45, 7) is 3.22. The molecule has 6 heteroatoms. The monoisotopic (exact) mass is 287 g/mol. The van der Waals surface area contributed by atoms with Crippen LogP contribution < -0.4 is 10.0 Å². The lowest BCUT2D eigenvalue weighted by Crippen LogP contribution is -2.49. The highest BCUT2D eigenvalue weighted by Crippen LogP contribution is 2.27. The van der Waals surface area contributed by atoms with Crippen molar-refractivity contribution in [3.8, 4) is 0 Å². The molecule has 0 aromatic heterocycles. The Labute approximate surface area is 116 Å². The third-order valence-electron chi connectivity index (χ3n) is 4.75. The number of piperidine rings is 1. The topological polar surface area (TPSA) is 61.4 Å². The lowest BCUT2D eigenvalue weighted by atomic mass is 9.99. The molecule has 3 aliphatic rings. The van der Waals surface area contributed by atoms with Crippen molar-refractivity contribution in [3.05, 3.63) is 0 Å². The van der Waals surface area contributed by atoms with Gasteiger partial charge in [0.15, 0.2) is 0 Å². The van der Waals surface area contributed by atoms with Gasteiger partial charge in [-0.1, -0.05) is 0 Å². The van der Waals surface area contributed by atoms with Crippen LogP contribution in [-0.4, -0.2) is 56.8 Å². The molecule has 110 valence electrons. The van der Waals surface area contributed by atoms with Gasteiger partial charge in [0.05, 0.1) is 5.75 Å². The summed E-state index contributed by atoms with van der Waals surface area (Å²) < 4.78 is 27.3. The molecule has 0 spiro atoms. The number of nitrogens with zero attached hydrogens (tertiary/aromatic N) is 1. The van der Waals surface area contributed by atoms with Crippen LogP contribution in [0.15, 0.2) is 0 Å². The molecule has 0 bridgehead atoms. The average Bonchev–Trinajstić information content (AvgIpc) is 2.97. The predicted molar refractivity (Wildman–Crippen MR) is 75.6 cm³/mol. The van der Waals surface area contributed by atoms with Gasteiger partial charge in [0.1, 0.15) is 0 Å². The minimum Gasteiger partial charge on any atom is -0.313 e. The molecule has 2 N–H and O–H groups in total. The summed E-state index contributed by atoms with van der Waals surface area (Å²) in [7, 11) is -3.12. The normalized spacial score (nSPS) is 36.5. The zero-order valence-electron chi connectivity index (χ0n) is 11.5. The van der Waals surface area contributed by atoms with Gasteiger partial charge in [-0.25, -0.2) is 13.1 Å². The first-order chi connectivity index (χ1) is 9.12. The molecular formula is C13H25N3O2S. The average molecular weight is 287 g/mol. The van der Waals surface area contributed by atoms with Crippen LogP contribution in [0.5, 0.6) is 0 Å². The standard InChI is InChI=1S/C13H25N3O2S/c17-19(18,10-12-3-1-6-14-12)15-11-5-8-16-7-2-4-13(16)9-11/h11-15H,1-10H2. The Kier molecular flexibility index (Phi) is 4.12. The fraction of sp³-hybridized carbons (Fsp3) is 1.00. The van der Waals surface area contributed by atoms with Crippen molar-refractivity contribution in [1.29, 1.82) is 0 Å². The van der Waals surface area contributed by atoms with E-state index in [0.29, 0.717) is 6.04 Å². The lowest BCUT2D eigenvalue weighted by molar-refractivity contribution is 0.176. The van der Waals surface area contributed by atoms with E-state index < -0.39 is 10.0 Å². The van der Waals surface area contributed by atoms with Crippen LogP contribution in [0.1, 0.15) is 38.5 Å². The van der Waals surface area contributed by atoms with E-state index in [9.17, 15) is 8.42 Å². The predicted octanol–water partition coefficient (Wildman–Crippen LogP) is 0.285. The van der Waals surface area contributed by atoms with Crippen LogP contribution in [0.25, 0.3) is 0 Å². The second-order valence-corrected chi connectivity index (χ2v) is 8.04. The molecule has 0 saturated carbocycles. The molecule has 0 aromatic rings. The summed E-state index contributed by atoms with van der Waals surface area (Å²) in [5, 5.41) is 3.26. The Morgan fingerprint density at radius 1 is 1.16 bits per heavy atom. The molecule has 3 fully saturated rings. The highest BCUT2D eigenvalue weighted by molar-refractivity contribution is 7.89. The summed E-state index contributed by atoms with van der Waals surface area (Å²) in [6.07, 6.45) is 6.56. The smallest absolute Gasteiger partial charge is 0.213 e. The second-order valence-electron chi connectivity index (χ2n) is 6.25. The Morgan fingerprint density at radius 3 is 2.84 bits per heavy atom. The van der Waals surface area contributed by atoms with Gasteiger partial charge in [0, 0.05) is 18.1 Å². The molecule has 0 aromatic carbocycles. The van der Waals surface area contributed by atoms with Gasteiger partial charge in [0.2, 0.25) is 10.0 Å². The van der Waals surface area contributed by atoms with Crippen molar-refractivity contribution in [3.63, 3.8) is 0 Å². The summed E-state index contributed by atoms with van der Waals surface area (Å²) in [6, 6.07) is 0.931. The van der Waals surface area contributed by atoms with E-state index in [1.807, 2.05) is 0 Å². The van der Waals surface area contributed by atoms with E-state index in [4.69, 9.17) is 0 Å². The molecule has 19 heavy (non-hydrogen) atoms. The van der Waals surface area contributed by atoms with Gasteiger partial charge in [-0.2, -0.15) is 0 Å². The van der Waals surface area contributed by atoms with Crippen LogP contribution in [0.4, 0.5) is 0 Å². The summed E-state index contributed by atoms with van der Waals surface area (Å²) >= 11 is 0. The Balaban J connectivity index is 1.52. The molecule has 0 aliphatic carbocycles. The summed E-state index contributed by atoms with van der Waals surface area (Å²) in [4.78, 5) is 2.52. The first-order valence-corrected chi connectivity index (χ1v) is 9.25. The van der Waals surface area contributed by atoms with Gasteiger partial charge in [-0.15, -0.1) is 0 Å². The highest BCUT2D eigenvalue weighted by atomic mass is 32.2. The fourth-order valence-corrected chi connectivity index (χ4v) is 5.43. The van der Waals surface area contributed by atoms with E-state index in [0.717, 1.165) is 38.8 Å². The molecule has 3 heterocycles. The minimum atomic E-state index is -3.12. The molecular weight excluding hydrogens is 262 g/mol.